The summed E-state index contributed by atoms with van der Waals surface area (Å²) in [5.74, 6) is 1.48. The third-order valence-corrected chi connectivity index (χ3v) is 4.38. The van der Waals surface area contributed by atoms with Crippen molar-refractivity contribution < 1.29 is 5.11 Å². The molecule has 1 aliphatic rings. The number of rotatable bonds is 2. The van der Waals surface area contributed by atoms with E-state index in [0.29, 0.717) is 18.8 Å². The molecule has 1 N–H and O–H groups in total. The van der Waals surface area contributed by atoms with E-state index in [1.807, 2.05) is 30.1 Å². The van der Waals surface area contributed by atoms with E-state index in [-0.39, 0.29) is 19.0 Å². The maximum absolute atomic E-state index is 9.13. The molecule has 0 atom stereocenters. The Morgan fingerprint density at radius 3 is 2.96 bits per heavy atom. The third-order valence-electron chi connectivity index (χ3n) is 3.88. The number of halogens is 2. The number of nitrogens with zero attached hydrogens (tertiary/aromatic N) is 5. The van der Waals surface area contributed by atoms with Crippen molar-refractivity contribution in [2.75, 3.05) is 6.61 Å². The fraction of sp³-hybridized carbons (Fsp3) is 0.267. The van der Waals surface area contributed by atoms with Crippen LogP contribution in [0.1, 0.15) is 17.2 Å². The average molecular weight is 397 g/mol. The van der Waals surface area contributed by atoms with Crippen LogP contribution in [0, 0.1) is 6.92 Å². The minimum atomic E-state index is 0. The molecule has 6 nitrogen and oxygen atoms in total. The second-order valence-corrected chi connectivity index (χ2v) is 6.21. The summed E-state index contributed by atoms with van der Waals surface area (Å²) in [5, 5.41) is 13.7. The van der Waals surface area contributed by atoms with E-state index < -0.39 is 0 Å². The molecule has 0 saturated heterocycles. The molecule has 0 bridgehead atoms. The Labute approximate surface area is 147 Å². The van der Waals surface area contributed by atoms with Crippen LogP contribution in [0.3, 0.4) is 0 Å². The molecular weight excluding hydrogens is 382 g/mol. The lowest BCUT2D eigenvalue weighted by Crippen LogP contribution is -2.06. The molecule has 0 fully saturated rings. The van der Waals surface area contributed by atoms with Gasteiger partial charge in [-0.05, 0) is 25.1 Å². The van der Waals surface area contributed by atoms with Gasteiger partial charge >= 0.3 is 0 Å². The summed E-state index contributed by atoms with van der Waals surface area (Å²) in [6, 6.07) is 6.11. The first-order valence-corrected chi connectivity index (χ1v) is 7.84. The van der Waals surface area contributed by atoms with Gasteiger partial charge in [0.1, 0.15) is 0 Å². The Kier molecular flexibility index (Phi) is 4.27. The number of aliphatic hydroxyl groups excluding tert-OH is 1. The molecule has 2 aromatic heterocycles. The molecule has 8 heteroatoms. The van der Waals surface area contributed by atoms with Gasteiger partial charge < -0.3 is 9.67 Å². The topological polar surface area (TPSA) is 68.8 Å². The summed E-state index contributed by atoms with van der Waals surface area (Å²) in [6.07, 6.45) is 2.31. The number of benzene rings is 1. The zero-order valence-corrected chi connectivity index (χ0v) is 14.8. The van der Waals surface area contributed by atoms with E-state index in [9.17, 15) is 0 Å². The van der Waals surface area contributed by atoms with Crippen molar-refractivity contribution in [3.8, 4) is 17.1 Å². The summed E-state index contributed by atoms with van der Waals surface area (Å²) < 4.78 is 4.98. The fourth-order valence-corrected chi connectivity index (χ4v) is 3.17. The lowest BCUT2D eigenvalue weighted by molar-refractivity contribution is 0.296. The van der Waals surface area contributed by atoms with Gasteiger partial charge in [0.2, 0.25) is 0 Å². The minimum Gasteiger partial charge on any atom is -0.396 e. The molecule has 0 saturated carbocycles. The van der Waals surface area contributed by atoms with Gasteiger partial charge in [0.25, 0.3) is 0 Å². The van der Waals surface area contributed by atoms with Gasteiger partial charge in [0.15, 0.2) is 11.6 Å². The van der Waals surface area contributed by atoms with Gasteiger partial charge in [0.05, 0.1) is 36.6 Å². The summed E-state index contributed by atoms with van der Waals surface area (Å²) >= 11 is 3.53. The number of imidazole rings is 1. The number of hydrogen-bond acceptors (Lipinski definition) is 4. The van der Waals surface area contributed by atoms with Gasteiger partial charge in [-0.15, -0.1) is 12.4 Å². The monoisotopic (exact) mass is 395 g/mol. The van der Waals surface area contributed by atoms with Crippen LogP contribution in [0.5, 0.6) is 0 Å². The molecule has 1 aliphatic heterocycles. The zero-order valence-electron chi connectivity index (χ0n) is 12.4. The predicted molar refractivity (Wildman–Crippen MR) is 92.2 cm³/mol. The van der Waals surface area contributed by atoms with E-state index in [1.165, 1.54) is 0 Å². The molecule has 3 heterocycles. The molecule has 1 aromatic carbocycles. The van der Waals surface area contributed by atoms with Crippen molar-refractivity contribution in [1.82, 2.24) is 24.3 Å². The fourth-order valence-electron chi connectivity index (χ4n) is 2.80. The summed E-state index contributed by atoms with van der Waals surface area (Å²) in [4.78, 5) is 9.04. The summed E-state index contributed by atoms with van der Waals surface area (Å²) in [6.45, 7) is 2.67. The highest BCUT2D eigenvalue weighted by atomic mass is 79.9. The normalized spacial score (nSPS) is 12.0. The first-order valence-electron chi connectivity index (χ1n) is 7.05. The Morgan fingerprint density at radius 2 is 2.17 bits per heavy atom. The molecule has 0 spiro atoms. The highest BCUT2D eigenvalue weighted by molar-refractivity contribution is 9.10. The van der Waals surface area contributed by atoms with Crippen molar-refractivity contribution in [3.05, 3.63) is 46.2 Å². The molecule has 0 radical (unpaired) electrons. The average Bonchev–Trinajstić information content (AvgIpc) is 3.02. The van der Waals surface area contributed by atoms with Crippen molar-refractivity contribution in [2.24, 2.45) is 0 Å². The van der Waals surface area contributed by atoms with Crippen LogP contribution in [-0.4, -0.2) is 36.0 Å². The van der Waals surface area contributed by atoms with Crippen molar-refractivity contribution in [1.29, 1.82) is 0 Å². The standard InChI is InChI=1S/C15H14BrN5O.ClH/c1-9-13-7-21-15(18-14(19-21)4-5-22)11-6-10(16)2-3-12(11)20(13)8-17-9;/h2-3,6,8,22H,4-5,7H2,1H3;1H. The van der Waals surface area contributed by atoms with E-state index in [2.05, 4.69) is 41.6 Å². The lowest BCUT2D eigenvalue weighted by Gasteiger charge is -2.08. The van der Waals surface area contributed by atoms with E-state index in [0.717, 1.165) is 32.9 Å². The van der Waals surface area contributed by atoms with Gasteiger partial charge in [0, 0.05) is 16.5 Å². The van der Waals surface area contributed by atoms with Crippen LogP contribution in [-0.2, 0) is 13.0 Å². The Hall–Kier alpha value is -1.70. The number of hydrogen-bond donors (Lipinski definition) is 1. The molecule has 0 aliphatic carbocycles. The van der Waals surface area contributed by atoms with Gasteiger partial charge in [-0.3, -0.25) is 0 Å². The van der Waals surface area contributed by atoms with Crippen LogP contribution in [0.15, 0.2) is 29.0 Å². The molecule has 120 valence electrons. The molecule has 3 aromatic rings. The first-order chi connectivity index (χ1) is 10.7. The largest absolute Gasteiger partial charge is 0.396 e. The highest BCUT2D eigenvalue weighted by Gasteiger charge is 2.23. The predicted octanol–water partition coefficient (Wildman–Crippen LogP) is 2.52. The van der Waals surface area contributed by atoms with Crippen LogP contribution in [0.2, 0.25) is 0 Å². The second-order valence-electron chi connectivity index (χ2n) is 5.29. The second kappa shape index (κ2) is 6.07. The van der Waals surface area contributed by atoms with Crippen LogP contribution < -0.4 is 0 Å². The summed E-state index contributed by atoms with van der Waals surface area (Å²) in [7, 11) is 0. The molecule has 0 unspecified atom stereocenters. The molecule has 4 rings (SSSR count). The molecular formula is C15H15BrClN5O. The molecule has 23 heavy (non-hydrogen) atoms. The maximum Gasteiger partial charge on any atom is 0.160 e. The smallest absolute Gasteiger partial charge is 0.160 e. The highest BCUT2D eigenvalue weighted by Crippen LogP contribution is 2.33. The van der Waals surface area contributed by atoms with Gasteiger partial charge in [-0.1, -0.05) is 15.9 Å². The number of aromatic nitrogens is 5. The summed E-state index contributed by atoms with van der Waals surface area (Å²) in [5.41, 5.74) is 4.13. The number of fused-ring (bicyclic) bond motifs is 5. The van der Waals surface area contributed by atoms with E-state index in [4.69, 9.17) is 5.11 Å². The van der Waals surface area contributed by atoms with Crippen LogP contribution >= 0.6 is 28.3 Å². The number of aliphatic hydroxyl groups is 1. The van der Waals surface area contributed by atoms with Gasteiger partial charge in [-0.25, -0.2) is 14.6 Å². The van der Waals surface area contributed by atoms with Crippen LogP contribution in [0.25, 0.3) is 17.1 Å². The lowest BCUT2D eigenvalue weighted by atomic mass is 10.1. The maximum atomic E-state index is 9.13. The zero-order chi connectivity index (χ0) is 15.3. The quantitative estimate of drug-likeness (QED) is 0.565. The number of aryl methyl sites for hydroxylation is 1. The van der Waals surface area contributed by atoms with Crippen molar-refractivity contribution in [3.63, 3.8) is 0 Å². The Morgan fingerprint density at radius 1 is 1.35 bits per heavy atom. The van der Waals surface area contributed by atoms with Crippen molar-refractivity contribution in [2.45, 2.75) is 19.9 Å². The Balaban J connectivity index is 0.00000156. The van der Waals surface area contributed by atoms with Crippen LogP contribution in [0.4, 0.5) is 0 Å². The SMILES string of the molecule is Cc1ncn2c1Cn1nc(CCO)nc1-c1cc(Br)ccc1-2.Cl. The van der Waals surface area contributed by atoms with E-state index >= 15 is 0 Å². The minimum absolute atomic E-state index is 0. The third kappa shape index (κ3) is 2.58. The Bertz CT molecular complexity index is 873. The van der Waals surface area contributed by atoms with Crippen molar-refractivity contribution >= 4 is 28.3 Å². The molecule has 0 amide bonds. The first kappa shape index (κ1) is 16.2. The van der Waals surface area contributed by atoms with E-state index in [1.54, 1.807) is 0 Å². The van der Waals surface area contributed by atoms with Gasteiger partial charge in [-0.2, -0.15) is 5.10 Å².